The first-order chi connectivity index (χ1) is 7.88. The van der Waals surface area contributed by atoms with Crippen LogP contribution >= 0.6 is 12.2 Å². The van der Waals surface area contributed by atoms with E-state index >= 15 is 0 Å². The van der Waals surface area contributed by atoms with E-state index in [9.17, 15) is 4.79 Å². The molecule has 90 valence electrons. The van der Waals surface area contributed by atoms with E-state index in [4.69, 9.17) is 12.2 Å². The van der Waals surface area contributed by atoms with Crippen molar-refractivity contribution in [2.45, 2.75) is 26.2 Å². The third kappa shape index (κ3) is 2.36. The fourth-order valence-corrected chi connectivity index (χ4v) is 1.64. The van der Waals surface area contributed by atoms with Crippen molar-refractivity contribution in [2.24, 2.45) is 0 Å². The highest BCUT2D eigenvalue weighted by molar-refractivity contribution is 7.71. The summed E-state index contributed by atoms with van der Waals surface area (Å²) in [5.41, 5.74) is 1.11. The van der Waals surface area contributed by atoms with E-state index in [1.54, 1.807) is 6.07 Å². The van der Waals surface area contributed by atoms with Crippen molar-refractivity contribution in [3.8, 4) is 11.4 Å². The van der Waals surface area contributed by atoms with Gasteiger partial charge < -0.3 is 4.98 Å². The van der Waals surface area contributed by atoms with Gasteiger partial charge in [0, 0.05) is 11.1 Å². The predicted octanol–water partition coefficient (Wildman–Crippen LogP) is 2.12. The van der Waals surface area contributed by atoms with Gasteiger partial charge in [-0.05, 0) is 24.4 Å². The fourth-order valence-electron chi connectivity index (χ4n) is 1.50. The van der Waals surface area contributed by atoms with Crippen LogP contribution in [0.2, 0.25) is 0 Å². The number of hydrogen-bond acceptors (Lipinski definition) is 3. The van der Waals surface area contributed by atoms with Gasteiger partial charge in [-0.1, -0.05) is 20.8 Å². The Hall–Kier alpha value is -1.69. The van der Waals surface area contributed by atoms with E-state index in [1.165, 1.54) is 0 Å². The lowest BCUT2D eigenvalue weighted by Crippen LogP contribution is -2.20. The van der Waals surface area contributed by atoms with Gasteiger partial charge in [-0.25, -0.2) is 0 Å². The Bertz CT molecular complexity index is 644. The van der Waals surface area contributed by atoms with Crippen LogP contribution in [0, 0.1) is 4.77 Å². The molecule has 0 aliphatic rings. The maximum absolute atomic E-state index is 11.9. The van der Waals surface area contributed by atoms with Crippen LogP contribution in [0.3, 0.4) is 0 Å². The average molecular weight is 250 g/mol. The van der Waals surface area contributed by atoms with Gasteiger partial charge in [-0.15, -0.1) is 0 Å². The zero-order chi connectivity index (χ0) is 12.6. The smallest absolute Gasteiger partial charge is 0.259 e. The molecule has 0 unspecified atom stereocenters. The standard InChI is InChI=1S/C11H14N4OS/c1-11(2,3)7-5-4-6(9(16)12-7)8-13-10(17)15-14-8/h4-5H,1-3H3,(H,12,16)(H2,13,14,15,17). The number of H-pyrrole nitrogens is 3. The van der Waals surface area contributed by atoms with Gasteiger partial charge in [0.05, 0.1) is 5.56 Å². The summed E-state index contributed by atoms with van der Waals surface area (Å²) in [6, 6.07) is 3.64. The molecule has 0 saturated heterocycles. The monoisotopic (exact) mass is 250 g/mol. The summed E-state index contributed by atoms with van der Waals surface area (Å²) >= 11 is 4.85. The Labute approximate surface area is 103 Å². The summed E-state index contributed by atoms with van der Waals surface area (Å²) in [5, 5.41) is 5.43. The molecule has 6 heteroatoms. The van der Waals surface area contributed by atoms with Crippen molar-refractivity contribution in [2.75, 3.05) is 0 Å². The quantitative estimate of drug-likeness (QED) is 0.678. The Morgan fingerprint density at radius 1 is 1.24 bits per heavy atom. The lowest BCUT2D eigenvalue weighted by molar-refractivity contribution is 0.567. The first kappa shape index (κ1) is 11.8. The van der Waals surface area contributed by atoms with Crippen LogP contribution in [-0.2, 0) is 5.41 Å². The van der Waals surface area contributed by atoms with Crippen LogP contribution in [-0.4, -0.2) is 20.2 Å². The van der Waals surface area contributed by atoms with Gasteiger partial charge in [0.1, 0.15) is 0 Å². The number of aromatic nitrogens is 4. The van der Waals surface area contributed by atoms with Crippen molar-refractivity contribution >= 4 is 12.2 Å². The zero-order valence-electron chi connectivity index (χ0n) is 9.92. The summed E-state index contributed by atoms with van der Waals surface area (Å²) < 4.78 is 0.333. The minimum atomic E-state index is -0.171. The highest BCUT2D eigenvalue weighted by Gasteiger charge is 2.16. The highest BCUT2D eigenvalue weighted by Crippen LogP contribution is 2.19. The first-order valence-electron chi connectivity index (χ1n) is 5.27. The van der Waals surface area contributed by atoms with E-state index in [1.807, 2.05) is 26.8 Å². The lowest BCUT2D eigenvalue weighted by Gasteiger charge is -2.18. The van der Waals surface area contributed by atoms with Crippen LogP contribution in [0.25, 0.3) is 11.4 Å². The summed E-state index contributed by atoms with van der Waals surface area (Å²) in [4.78, 5) is 18.8. The van der Waals surface area contributed by atoms with Crippen molar-refractivity contribution in [1.82, 2.24) is 20.2 Å². The molecule has 2 rings (SSSR count). The largest absolute Gasteiger partial charge is 0.325 e. The normalized spacial score (nSPS) is 11.7. The first-order valence-corrected chi connectivity index (χ1v) is 5.67. The Balaban J connectivity index is 2.53. The van der Waals surface area contributed by atoms with Crippen molar-refractivity contribution in [3.63, 3.8) is 0 Å². The third-order valence-corrected chi connectivity index (χ3v) is 2.67. The SMILES string of the molecule is CC(C)(C)c1ccc(-c2nc(=S)[nH][nH]2)c(=O)[nH]1. The lowest BCUT2D eigenvalue weighted by atomic mass is 9.91. The van der Waals surface area contributed by atoms with E-state index in [0.717, 1.165) is 5.69 Å². The van der Waals surface area contributed by atoms with Crippen LogP contribution in [0.15, 0.2) is 16.9 Å². The molecule has 0 aliphatic carbocycles. The number of nitrogens with one attached hydrogen (secondary N) is 3. The van der Waals surface area contributed by atoms with Gasteiger partial charge in [-0.2, -0.15) is 4.98 Å². The molecule has 0 saturated carbocycles. The molecular weight excluding hydrogens is 236 g/mol. The molecule has 0 aliphatic heterocycles. The molecule has 0 amide bonds. The number of hydrogen-bond donors (Lipinski definition) is 3. The molecule has 2 heterocycles. The highest BCUT2D eigenvalue weighted by atomic mass is 32.1. The zero-order valence-corrected chi connectivity index (χ0v) is 10.7. The van der Waals surface area contributed by atoms with Crippen molar-refractivity contribution in [1.29, 1.82) is 0 Å². The van der Waals surface area contributed by atoms with Gasteiger partial charge in [0.25, 0.3) is 5.56 Å². The molecule has 2 aromatic rings. The average Bonchev–Trinajstić information content (AvgIpc) is 2.63. The third-order valence-electron chi connectivity index (χ3n) is 2.47. The molecule has 0 atom stereocenters. The van der Waals surface area contributed by atoms with Crippen molar-refractivity contribution in [3.05, 3.63) is 33.0 Å². The second-order valence-electron chi connectivity index (χ2n) is 4.88. The summed E-state index contributed by atoms with van der Waals surface area (Å²) in [6.45, 7) is 6.12. The van der Waals surface area contributed by atoms with Gasteiger partial charge >= 0.3 is 0 Å². The molecule has 5 nitrogen and oxygen atoms in total. The molecule has 3 N–H and O–H groups in total. The molecule has 0 aromatic carbocycles. The van der Waals surface area contributed by atoms with E-state index in [-0.39, 0.29) is 11.0 Å². The van der Waals surface area contributed by atoms with E-state index < -0.39 is 0 Å². The maximum atomic E-state index is 11.9. The van der Waals surface area contributed by atoms with Crippen LogP contribution in [0.1, 0.15) is 26.5 Å². The summed E-state index contributed by atoms with van der Waals surface area (Å²) in [7, 11) is 0. The molecule has 17 heavy (non-hydrogen) atoms. The molecule has 0 spiro atoms. The van der Waals surface area contributed by atoms with Crippen LogP contribution < -0.4 is 5.56 Å². The fraction of sp³-hybridized carbons (Fsp3) is 0.364. The molecule has 0 fully saturated rings. The molecule has 0 bridgehead atoms. The number of rotatable bonds is 1. The molecule has 2 aromatic heterocycles. The van der Waals surface area contributed by atoms with Gasteiger partial charge in [0.2, 0.25) is 4.77 Å². The second kappa shape index (κ2) is 3.96. The summed E-state index contributed by atoms with van der Waals surface area (Å²) in [6.07, 6.45) is 0. The summed E-state index contributed by atoms with van der Waals surface area (Å²) in [5.74, 6) is 0.455. The topological polar surface area (TPSA) is 77.3 Å². The van der Waals surface area contributed by atoms with E-state index in [2.05, 4.69) is 20.2 Å². The van der Waals surface area contributed by atoms with Gasteiger partial charge in [-0.3, -0.25) is 15.0 Å². The second-order valence-corrected chi connectivity index (χ2v) is 5.27. The van der Waals surface area contributed by atoms with E-state index in [0.29, 0.717) is 16.2 Å². The number of nitrogens with zero attached hydrogens (tertiary/aromatic N) is 1. The molecule has 0 radical (unpaired) electrons. The van der Waals surface area contributed by atoms with Crippen LogP contribution in [0.5, 0.6) is 0 Å². The number of aromatic amines is 3. The minimum Gasteiger partial charge on any atom is -0.325 e. The Kier molecular flexibility index (Phi) is 2.74. The Morgan fingerprint density at radius 3 is 2.41 bits per heavy atom. The molecular formula is C11H14N4OS. The maximum Gasteiger partial charge on any atom is 0.259 e. The number of pyridine rings is 1. The predicted molar refractivity (Wildman–Crippen MR) is 68.5 cm³/mol. The Morgan fingerprint density at radius 2 is 1.94 bits per heavy atom. The van der Waals surface area contributed by atoms with Crippen LogP contribution in [0.4, 0.5) is 0 Å². The van der Waals surface area contributed by atoms with Crippen molar-refractivity contribution < 1.29 is 0 Å². The van der Waals surface area contributed by atoms with Gasteiger partial charge in [0.15, 0.2) is 5.82 Å². The minimum absolute atomic E-state index is 0.0871.